The van der Waals surface area contributed by atoms with Gasteiger partial charge in [0.1, 0.15) is 0 Å². The molecule has 0 unspecified atom stereocenters. The Hall–Kier alpha value is -1.36. The molecule has 0 aromatic rings. The van der Waals surface area contributed by atoms with Crippen LogP contribution in [0.5, 0.6) is 0 Å². The molecule has 5 nitrogen and oxygen atoms in total. The summed E-state index contributed by atoms with van der Waals surface area (Å²) in [5, 5.41) is 5.00. The van der Waals surface area contributed by atoms with Crippen LogP contribution in [-0.2, 0) is 9.59 Å². The van der Waals surface area contributed by atoms with Gasteiger partial charge >= 0.3 is 0 Å². The predicted molar refractivity (Wildman–Crippen MR) is 54.5 cm³/mol. The number of nitrogens with two attached hydrogens (primary N) is 1. The lowest BCUT2D eigenvalue weighted by Crippen LogP contribution is -2.39. The Morgan fingerprint density at radius 1 is 1.21 bits per heavy atom. The minimum absolute atomic E-state index is 0.0212. The second-order valence-corrected chi connectivity index (χ2v) is 3.07. The molecule has 0 aromatic heterocycles. The highest BCUT2D eigenvalue weighted by Crippen LogP contribution is 1.84. The molecule has 0 bridgehead atoms. The van der Waals surface area contributed by atoms with E-state index in [1.165, 1.54) is 0 Å². The fourth-order valence-corrected chi connectivity index (χ4v) is 0.683. The Labute approximate surface area is 83.7 Å². The van der Waals surface area contributed by atoms with E-state index in [0.29, 0.717) is 6.54 Å². The second kappa shape index (κ2) is 7.08. The van der Waals surface area contributed by atoms with Crippen molar-refractivity contribution in [1.29, 1.82) is 0 Å². The van der Waals surface area contributed by atoms with E-state index in [4.69, 9.17) is 5.73 Å². The summed E-state index contributed by atoms with van der Waals surface area (Å²) in [4.78, 5) is 21.7. The van der Waals surface area contributed by atoms with Crippen LogP contribution in [-0.4, -0.2) is 31.4 Å². The predicted octanol–water partition coefficient (Wildman–Crippen LogP) is -0.856. The first-order valence-electron chi connectivity index (χ1n) is 4.43. The van der Waals surface area contributed by atoms with Gasteiger partial charge in [-0.2, -0.15) is 0 Å². The molecule has 5 heteroatoms. The maximum atomic E-state index is 11.0. The van der Waals surface area contributed by atoms with Gasteiger partial charge in [-0.15, -0.1) is 0 Å². The van der Waals surface area contributed by atoms with Gasteiger partial charge < -0.3 is 16.4 Å². The summed E-state index contributed by atoms with van der Waals surface area (Å²) in [6.07, 6.45) is 1.89. The van der Waals surface area contributed by atoms with Crippen molar-refractivity contribution in [2.24, 2.45) is 5.73 Å². The zero-order valence-electron chi connectivity index (χ0n) is 8.59. The van der Waals surface area contributed by atoms with Crippen molar-refractivity contribution in [2.45, 2.75) is 13.8 Å². The molecule has 0 radical (unpaired) electrons. The van der Waals surface area contributed by atoms with Gasteiger partial charge in [-0.3, -0.25) is 9.59 Å². The number of nitrogens with one attached hydrogen (secondary N) is 2. The number of rotatable bonds is 5. The van der Waals surface area contributed by atoms with Crippen LogP contribution in [0.25, 0.3) is 0 Å². The van der Waals surface area contributed by atoms with Gasteiger partial charge in [0, 0.05) is 6.54 Å². The molecule has 4 N–H and O–H groups in total. The first-order chi connectivity index (χ1) is 6.56. The fraction of sp³-hybridized carbons (Fsp3) is 0.556. The van der Waals surface area contributed by atoms with Crippen LogP contribution in [0, 0.1) is 0 Å². The maximum Gasteiger partial charge on any atom is 0.239 e. The van der Waals surface area contributed by atoms with E-state index >= 15 is 0 Å². The standard InChI is InChI=1S/C9H17N3O2/c1-7(2)3-4-11-9(14)6-12-8(13)5-10/h3H,4-6,10H2,1-2H3,(H,11,14)(H,12,13). The van der Waals surface area contributed by atoms with E-state index in [0.717, 1.165) is 5.57 Å². The van der Waals surface area contributed by atoms with Crippen molar-refractivity contribution in [2.75, 3.05) is 19.6 Å². The normalized spacial score (nSPS) is 9.07. The lowest BCUT2D eigenvalue weighted by molar-refractivity contribution is -0.125. The van der Waals surface area contributed by atoms with Crippen LogP contribution in [0.1, 0.15) is 13.8 Å². The molecule has 2 amide bonds. The minimum atomic E-state index is -0.331. The quantitative estimate of drug-likeness (QED) is 0.504. The lowest BCUT2D eigenvalue weighted by Gasteiger charge is -2.03. The van der Waals surface area contributed by atoms with Crippen molar-refractivity contribution in [3.8, 4) is 0 Å². The van der Waals surface area contributed by atoms with Crippen molar-refractivity contribution in [3.05, 3.63) is 11.6 Å². The van der Waals surface area contributed by atoms with Crippen LogP contribution < -0.4 is 16.4 Å². The molecule has 14 heavy (non-hydrogen) atoms. The Kier molecular flexibility index (Phi) is 6.39. The number of amides is 2. The topological polar surface area (TPSA) is 84.2 Å². The van der Waals surface area contributed by atoms with E-state index in [1.54, 1.807) is 0 Å². The highest BCUT2D eigenvalue weighted by Gasteiger charge is 2.01. The summed E-state index contributed by atoms with van der Waals surface area (Å²) in [7, 11) is 0. The Morgan fingerprint density at radius 2 is 1.86 bits per heavy atom. The number of hydrogen-bond acceptors (Lipinski definition) is 3. The first-order valence-corrected chi connectivity index (χ1v) is 4.43. The molecule has 0 atom stereocenters. The van der Waals surface area contributed by atoms with Crippen LogP contribution in [0.3, 0.4) is 0 Å². The maximum absolute atomic E-state index is 11.0. The van der Waals surface area contributed by atoms with Crippen LogP contribution in [0.2, 0.25) is 0 Å². The van der Waals surface area contributed by atoms with Gasteiger partial charge in [-0.25, -0.2) is 0 Å². The molecule has 0 saturated carbocycles. The highest BCUT2D eigenvalue weighted by molar-refractivity contribution is 5.85. The van der Waals surface area contributed by atoms with Crippen molar-refractivity contribution >= 4 is 11.8 Å². The molecule has 0 fully saturated rings. The molecule has 0 heterocycles. The number of hydrogen-bond donors (Lipinski definition) is 3. The van der Waals surface area contributed by atoms with Crippen LogP contribution in [0.4, 0.5) is 0 Å². The van der Waals surface area contributed by atoms with Gasteiger partial charge in [0.25, 0.3) is 0 Å². The third-order valence-corrected chi connectivity index (χ3v) is 1.44. The summed E-state index contributed by atoms with van der Waals surface area (Å²) in [6, 6.07) is 0. The summed E-state index contributed by atoms with van der Waals surface area (Å²) < 4.78 is 0. The second-order valence-electron chi connectivity index (χ2n) is 3.07. The zero-order valence-corrected chi connectivity index (χ0v) is 8.59. The fourth-order valence-electron chi connectivity index (χ4n) is 0.683. The van der Waals surface area contributed by atoms with Gasteiger partial charge in [0.05, 0.1) is 13.1 Å². The number of allylic oxidation sites excluding steroid dienone is 1. The van der Waals surface area contributed by atoms with Crippen LogP contribution in [0.15, 0.2) is 11.6 Å². The van der Waals surface area contributed by atoms with E-state index in [1.807, 2.05) is 19.9 Å². The molecule has 0 aliphatic rings. The molecule has 0 aliphatic carbocycles. The Bertz CT molecular complexity index is 232. The van der Waals surface area contributed by atoms with Crippen LogP contribution >= 0.6 is 0 Å². The van der Waals surface area contributed by atoms with E-state index in [-0.39, 0.29) is 24.9 Å². The Morgan fingerprint density at radius 3 is 2.36 bits per heavy atom. The van der Waals surface area contributed by atoms with E-state index < -0.39 is 0 Å². The van der Waals surface area contributed by atoms with Gasteiger partial charge in [-0.1, -0.05) is 11.6 Å². The molecule has 0 saturated heterocycles. The van der Waals surface area contributed by atoms with E-state index in [2.05, 4.69) is 10.6 Å². The molecule has 0 rings (SSSR count). The average molecular weight is 199 g/mol. The zero-order chi connectivity index (χ0) is 11.0. The molecule has 0 aromatic carbocycles. The van der Waals surface area contributed by atoms with Crippen molar-refractivity contribution < 1.29 is 9.59 Å². The number of carbonyl (C=O) groups excluding carboxylic acids is 2. The summed E-state index contributed by atoms with van der Waals surface area (Å²) >= 11 is 0. The van der Waals surface area contributed by atoms with Gasteiger partial charge in [-0.05, 0) is 13.8 Å². The van der Waals surface area contributed by atoms with Gasteiger partial charge in [0.15, 0.2) is 0 Å². The largest absolute Gasteiger partial charge is 0.351 e. The van der Waals surface area contributed by atoms with Gasteiger partial charge in [0.2, 0.25) is 11.8 Å². The third kappa shape index (κ3) is 7.30. The first kappa shape index (κ1) is 12.6. The third-order valence-electron chi connectivity index (χ3n) is 1.44. The minimum Gasteiger partial charge on any atom is -0.351 e. The summed E-state index contributed by atoms with van der Waals surface area (Å²) in [5.41, 5.74) is 6.18. The monoisotopic (exact) mass is 199 g/mol. The molecular formula is C9H17N3O2. The number of carbonyl (C=O) groups is 2. The molecule has 0 spiro atoms. The SMILES string of the molecule is CC(C)=CCNC(=O)CNC(=O)CN. The Balaban J connectivity index is 3.56. The molecule has 80 valence electrons. The summed E-state index contributed by atoms with van der Waals surface area (Å²) in [6.45, 7) is 4.26. The average Bonchev–Trinajstić information content (AvgIpc) is 2.13. The smallest absolute Gasteiger partial charge is 0.239 e. The van der Waals surface area contributed by atoms with Crippen molar-refractivity contribution in [3.63, 3.8) is 0 Å². The molecular weight excluding hydrogens is 182 g/mol. The highest BCUT2D eigenvalue weighted by atomic mass is 16.2. The molecule has 0 aliphatic heterocycles. The van der Waals surface area contributed by atoms with Crippen molar-refractivity contribution in [1.82, 2.24) is 10.6 Å². The summed E-state index contributed by atoms with van der Waals surface area (Å²) in [5.74, 6) is -0.549. The van der Waals surface area contributed by atoms with E-state index in [9.17, 15) is 9.59 Å². The lowest BCUT2D eigenvalue weighted by atomic mass is 10.3.